The summed E-state index contributed by atoms with van der Waals surface area (Å²) in [7, 11) is 1.66. The molecule has 0 saturated heterocycles. The van der Waals surface area contributed by atoms with Gasteiger partial charge in [-0.2, -0.15) is 0 Å². The fourth-order valence-corrected chi connectivity index (χ4v) is 2.10. The van der Waals surface area contributed by atoms with E-state index in [0.29, 0.717) is 5.69 Å². The number of rotatable bonds is 3. The predicted octanol–water partition coefficient (Wildman–Crippen LogP) is 1.86. The molecule has 1 aromatic heterocycles. The van der Waals surface area contributed by atoms with Crippen LogP contribution in [0.3, 0.4) is 0 Å². The van der Waals surface area contributed by atoms with E-state index in [9.17, 15) is 9.59 Å². The molecule has 104 valence electrons. The zero-order valence-electron chi connectivity index (χ0n) is 10.9. The lowest BCUT2D eigenvalue weighted by molar-refractivity contribution is -0.118. The summed E-state index contributed by atoms with van der Waals surface area (Å²) in [6.45, 7) is -0.0147. The Hall–Kier alpha value is -2.08. The van der Waals surface area contributed by atoms with Crippen LogP contribution < -0.4 is 16.2 Å². The fourth-order valence-electron chi connectivity index (χ4n) is 1.72. The molecule has 0 unspecified atom stereocenters. The Morgan fingerprint density at radius 3 is 2.55 bits per heavy atom. The first-order valence-corrected chi connectivity index (χ1v) is 6.75. The number of nitrogens with two attached hydrogens (primary N) is 1. The van der Waals surface area contributed by atoms with Crippen LogP contribution in [0, 0.1) is 0 Å². The number of hydrogen-bond acceptors (Lipinski definition) is 3. The van der Waals surface area contributed by atoms with Crippen molar-refractivity contribution in [2.75, 3.05) is 17.7 Å². The summed E-state index contributed by atoms with van der Waals surface area (Å²) in [4.78, 5) is 25.3. The van der Waals surface area contributed by atoms with E-state index in [2.05, 4.69) is 15.9 Å². The van der Waals surface area contributed by atoms with Gasteiger partial charge in [-0.05, 0) is 46.3 Å². The molecule has 0 aliphatic carbocycles. The van der Waals surface area contributed by atoms with Crippen molar-refractivity contribution >= 4 is 33.2 Å². The maximum absolute atomic E-state index is 12.2. The Kier molecular flexibility index (Phi) is 4.24. The lowest BCUT2D eigenvalue weighted by Gasteiger charge is -2.18. The molecule has 5 nitrogen and oxygen atoms in total. The highest BCUT2D eigenvalue weighted by Gasteiger charge is 2.12. The smallest absolute Gasteiger partial charge is 0.251 e. The highest BCUT2D eigenvalue weighted by atomic mass is 79.9. The first-order chi connectivity index (χ1) is 9.47. The van der Waals surface area contributed by atoms with Crippen molar-refractivity contribution in [1.82, 2.24) is 4.57 Å². The van der Waals surface area contributed by atoms with Crippen molar-refractivity contribution < 1.29 is 4.79 Å². The minimum absolute atomic E-state index is 0.0147. The molecule has 0 fully saturated rings. The minimum atomic E-state index is -0.216. The molecule has 0 aliphatic heterocycles. The quantitative estimate of drug-likeness (QED) is 0.870. The summed E-state index contributed by atoms with van der Waals surface area (Å²) in [6, 6.07) is 10.0. The van der Waals surface area contributed by atoms with Crippen LogP contribution in [0.2, 0.25) is 0 Å². The summed E-state index contributed by atoms with van der Waals surface area (Å²) in [5, 5.41) is 0. The zero-order chi connectivity index (χ0) is 14.7. The van der Waals surface area contributed by atoms with Gasteiger partial charge in [-0.15, -0.1) is 0 Å². The normalized spacial score (nSPS) is 10.3. The van der Waals surface area contributed by atoms with Crippen LogP contribution in [0.25, 0.3) is 0 Å². The van der Waals surface area contributed by atoms with Crippen molar-refractivity contribution in [3.8, 4) is 0 Å². The van der Waals surface area contributed by atoms with E-state index in [1.807, 2.05) is 0 Å². The van der Waals surface area contributed by atoms with Crippen molar-refractivity contribution in [2.45, 2.75) is 6.54 Å². The van der Waals surface area contributed by atoms with Gasteiger partial charge >= 0.3 is 0 Å². The van der Waals surface area contributed by atoms with Crippen LogP contribution in [0.5, 0.6) is 0 Å². The van der Waals surface area contributed by atoms with E-state index in [-0.39, 0.29) is 18.0 Å². The maximum Gasteiger partial charge on any atom is 0.251 e. The average Bonchev–Trinajstić information content (AvgIpc) is 2.43. The molecular weight excluding hydrogens is 322 g/mol. The highest BCUT2D eigenvalue weighted by Crippen LogP contribution is 2.15. The average molecular weight is 336 g/mol. The van der Waals surface area contributed by atoms with Crippen molar-refractivity contribution in [3.63, 3.8) is 0 Å². The van der Waals surface area contributed by atoms with Crippen LogP contribution in [-0.4, -0.2) is 17.5 Å². The number of pyridine rings is 1. The fraction of sp³-hybridized carbons (Fsp3) is 0.143. The highest BCUT2D eigenvalue weighted by molar-refractivity contribution is 9.10. The van der Waals surface area contributed by atoms with E-state index in [0.717, 1.165) is 10.2 Å². The molecule has 2 N–H and O–H groups in total. The molecule has 0 radical (unpaired) electrons. The first kappa shape index (κ1) is 14.3. The largest absolute Gasteiger partial charge is 0.399 e. The second-order valence-corrected chi connectivity index (χ2v) is 5.27. The summed E-state index contributed by atoms with van der Waals surface area (Å²) in [5.41, 5.74) is 6.76. The number of nitrogen functional groups attached to an aromatic ring is 1. The van der Waals surface area contributed by atoms with Gasteiger partial charge in [0.05, 0.1) is 0 Å². The molecule has 1 heterocycles. The zero-order valence-corrected chi connectivity index (χ0v) is 12.5. The summed E-state index contributed by atoms with van der Waals surface area (Å²) < 4.78 is 2.11. The summed E-state index contributed by atoms with van der Waals surface area (Å²) >= 11 is 3.28. The Labute approximate surface area is 124 Å². The number of carbonyl (C=O) groups excluding carboxylic acids is 1. The molecule has 0 bridgehead atoms. The van der Waals surface area contributed by atoms with Gasteiger partial charge in [-0.3, -0.25) is 9.59 Å². The van der Waals surface area contributed by atoms with Gasteiger partial charge in [-0.25, -0.2) is 0 Å². The van der Waals surface area contributed by atoms with Crippen LogP contribution in [-0.2, 0) is 11.3 Å². The Bertz CT molecular complexity index is 680. The van der Waals surface area contributed by atoms with Crippen LogP contribution in [0.15, 0.2) is 51.9 Å². The van der Waals surface area contributed by atoms with Crippen LogP contribution in [0.4, 0.5) is 11.4 Å². The van der Waals surface area contributed by atoms with Crippen LogP contribution in [0.1, 0.15) is 0 Å². The molecule has 1 aromatic carbocycles. The molecule has 1 amide bonds. The molecular formula is C14H14BrN3O2. The van der Waals surface area contributed by atoms with E-state index < -0.39 is 0 Å². The molecule has 0 atom stereocenters. The third-order valence-corrected chi connectivity index (χ3v) is 3.38. The lowest BCUT2D eigenvalue weighted by Crippen LogP contribution is -2.33. The van der Waals surface area contributed by atoms with Gasteiger partial charge in [0.15, 0.2) is 0 Å². The third-order valence-electron chi connectivity index (χ3n) is 2.91. The Balaban J connectivity index is 2.17. The van der Waals surface area contributed by atoms with E-state index >= 15 is 0 Å². The molecule has 0 aliphatic rings. The number of amides is 1. The van der Waals surface area contributed by atoms with E-state index in [1.54, 1.807) is 43.6 Å². The molecule has 20 heavy (non-hydrogen) atoms. The molecule has 0 spiro atoms. The molecule has 2 rings (SSSR count). The second kappa shape index (κ2) is 5.92. The van der Waals surface area contributed by atoms with Crippen molar-refractivity contribution in [2.24, 2.45) is 0 Å². The number of benzene rings is 1. The monoisotopic (exact) mass is 335 g/mol. The number of nitrogens with zero attached hydrogens (tertiary/aromatic N) is 2. The number of carbonyl (C=O) groups is 1. The van der Waals surface area contributed by atoms with Gasteiger partial charge in [0.25, 0.3) is 5.56 Å². The lowest BCUT2D eigenvalue weighted by atomic mass is 10.2. The number of halogens is 1. The number of hydrogen-bond donors (Lipinski definition) is 1. The van der Waals surface area contributed by atoms with Crippen molar-refractivity contribution in [1.29, 1.82) is 0 Å². The van der Waals surface area contributed by atoms with Crippen molar-refractivity contribution in [3.05, 3.63) is 57.4 Å². The van der Waals surface area contributed by atoms with Gasteiger partial charge in [0.2, 0.25) is 5.91 Å². The third kappa shape index (κ3) is 3.27. The number of likely N-dealkylation sites (N-methyl/N-ethyl adjacent to an activating group) is 1. The van der Waals surface area contributed by atoms with E-state index in [1.165, 1.54) is 15.5 Å². The summed E-state index contributed by atoms with van der Waals surface area (Å²) in [5.74, 6) is -0.185. The first-order valence-electron chi connectivity index (χ1n) is 5.95. The van der Waals surface area contributed by atoms with Gasteiger partial charge < -0.3 is 15.2 Å². The SMILES string of the molecule is CN(C(=O)Cn1cc(Br)ccc1=O)c1ccc(N)cc1. The van der Waals surface area contributed by atoms with Crippen LogP contribution >= 0.6 is 15.9 Å². The molecule has 6 heteroatoms. The number of aromatic nitrogens is 1. The predicted molar refractivity (Wildman–Crippen MR) is 82.7 cm³/mol. The molecule has 2 aromatic rings. The standard InChI is InChI=1S/C14H14BrN3O2/c1-17(12-5-3-11(16)4-6-12)14(20)9-18-8-10(15)2-7-13(18)19/h2-8H,9,16H2,1H3. The van der Waals surface area contributed by atoms with Gasteiger partial charge in [0, 0.05) is 35.2 Å². The molecule has 0 saturated carbocycles. The summed E-state index contributed by atoms with van der Waals surface area (Å²) in [6.07, 6.45) is 1.59. The van der Waals surface area contributed by atoms with Gasteiger partial charge in [0.1, 0.15) is 6.54 Å². The minimum Gasteiger partial charge on any atom is -0.399 e. The Morgan fingerprint density at radius 1 is 1.25 bits per heavy atom. The van der Waals surface area contributed by atoms with E-state index in [4.69, 9.17) is 5.73 Å². The Morgan fingerprint density at radius 2 is 1.90 bits per heavy atom. The number of anilines is 2. The second-order valence-electron chi connectivity index (χ2n) is 4.36. The maximum atomic E-state index is 12.2. The topological polar surface area (TPSA) is 68.3 Å². The van der Waals surface area contributed by atoms with Gasteiger partial charge in [-0.1, -0.05) is 0 Å².